The molecule has 7 nitrogen and oxygen atoms in total. The molecule has 1 saturated heterocycles. The highest BCUT2D eigenvalue weighted by atomic mass is 16.5. The summed E-state index contributed by atoms with van der Waals surface area (Å²) in [6, 6.07) is 3.97. The van der Waals surface area contributed by atoms with Crippen LogP contribution in [-0.4, -0.2) is 52.0 Å². The van der Waals surface area contributed by atoms with Crippen molar-refractivity contribution in [1.29, 1.82) is 0 Å². The minimum absolute atomic E-state index is 0.0398. The van der Waals surface area contributed by atoms with E-state index in [4.69, 9.17) is 4.52 Å². The Hall–Kier alpha value is -2.41. The fourth-order valence-electron chi connectivity index (χ4n) is 4.01. The van der Waals surface area contributed by atoms with Crippen molar-refractivity contribution < 1.29 is 14.1 Å². The normalized spacial score (nSPS) is 16.8. The van der Waals surface area contributed by atoms with E-state index in [1.165, 1.54) is 0 Å². The van der Waals surface area contributed by atoms with E-state index in [9.17, 15) is 9.59 Å². The summed E-state index contributed by atoms with van der Waals surface area (Å²) in [5.74, 6) is 2.15. The quantitative estimate of drug-likeness (QED) is 0.702. The number of hydrogen-bond donors (Lipinski definition) is 1. The molecule has 164 valence electrons. The van der Waals surface area contributed by atoms with Crippen molar-refractivity contribution in [1.82, 2.24) is 19.9 Å². The van der Waals surface area contributed by atoms with Crippen LogP contribution in [0.1, 0.15) is 61.1 Å². The van der Waals surface area contributed by atoms with Crippen molar-refractivity contribution in [2.45, 2.75) is 60.4 Å². The average Bonchev–Trinajstić information content (AvgIpc) is 3.24. The number of carbonyl (C=O) groups excluding carboxylic acids is 2. The predicted octanol–water partition coefficient (Wildman–Crippen LogP) is 3.45. The molecule has 3 rings (SSSR count). The zero-order valence-corrected chi connectivity index (χ0v) is 19.0. The lowest BCUT2D eigenvalue weighted by Crippen LogP contribution is -2.45. The van der Waals surface area contributed by atoms with Gasteiger partial charge in [-0.1, -0.05) is 19.0 Å². The first-order valence-corrected chi connectivity index (χ1v) is 10.9. The Kier molecular flexibility index (Phi) is 6.81. The number of Topliss-reactive ketones (excluding diaryl/α,β-unsaturated/α-hetero) is 1. The van der Waals surface area contributed by atoms with E-state index < -0.39 is 0 Å². The molecule has 1 unspecified atom stereocenters. The SMILES string of the molecule is Cc1cc(-n2c(C)cc(C(=O)CN3CCC(C(=O)NC(C)C(C)C)CC3)c2C)no1. The number of nitrogens with zero attached hydrogens (tertiary/aromatic N) is 3. The lowest BCUT2D eigenvalue weighted by molar-refractivity contribution is -0.127. The van der Waals surface area contributed by atoms with Gasteiger partial charge in [0, 0.05) is 35.0 Å². The number of nitrogens with one attached hydrogen (secondary N) is 1. The van der Waals surface area contributed by atoms with Crippen molar-refractivity contribution in [3.8, 4) is 5.82 Å². The fourth-order valence-corrected chi connectivity index (χ4v) is 4.01. The van der Waals surface area contributed by atoms with Crippen molar-refractivity contribution in [2.75, 3.05) is 19.6 Å². The van der Waals surface area contributed by atoms with Gasteiger partial charge in [0.25, 0.3) is 0 Å². The molecule has 0 bridgehead atoms. The summed E-state index contributed by atoms with van der Waals surface area (Å²) >= 11 is 0. The topological polar surface area (TPSA) is 80.4 Å². The molecule has 3 heterocycles. The third-order valence-electron chi connectivity index (χ3n) is 6.27. The Morgan fingerprint density at radius 2 is 1.83 bits per heavy atom. The molecular formula is C23H34N4O3. The molecule has 0 radical (unpaired) electrons. The molecule has 0 aliphatic carbocycles. The maximum atomic E-state index is 13.0. The monoisotopic (exact) mass is 414 g/mol. The highest BCUT2D eigenvalue weighted by molar-refractivity contribution is 5.99. The molecule has 1 N–H and O–H groups in total. The lowest BCUT2D eigenvalue weighted by atomic mass is 9.94. The van der Waals surface area contributed by atoms with Gasteiger partial charge < -0.3 is 9.84 Å². The molecule has 30 heavy (non-hydrogen) atoms. The van der Waals surface area contributed by atoms with Crippen LogP contribution in [-0.2, 0) is 4.79 Å². The van der Waals surface area contributed by atoms with Gasteiger partial charge in [0.1, 0.15) is 5.76 Å². The molecule has 1 aliphatic rings. The number of hydrogen-bond acceptors (Lipinski definition) is 5. The zero-order chi connectivity index (χ0) is 22.0. The van der Waals surface area contributed by atoms with E-state index in [2.05, 4.69) is 29.2 Å². The van der Waals surface area contributed by atoms with Gasteiger partial charge in [-0.3, -0.25) is 19.1 Å². The van der Waals surface area contributed by atoms with E-state index >= 15 is 0 Å². The number of likely N-dealkylation sites (tertiary alicyclic amines) is 1. The van der Waals surface area contributed by atoms with E-state index in [1.54, 1.807) is 0 Å². The van der Waals surface area contributed by atoms with Crippen molar-refractivity contribution >= 4 is 11.7 Å². The summed E-state index contributed by atoms with van der Waals surface area (Å²) in [6.07, 6.45) is 1.59. The molecule has 2 aromatic heterocycles. The van der Waals surface area contributed by atoms with Gasteiger partial charge >= 0.3 is 0 Å². The first-order chi connectivity index (χ1) is 14.2. The Balaban J connectivity index is 1.58. The molecular weight excluding hydrogens is 380 g/mol. The summed E-state index contributed by atoms with van der Waals surface area (Å²) in [7, 11) is 0. The molecule has 0 spiro atoms. The highest BCUT2D eigenvalue weighted by Crippen LogP contribution is 2.23. The number of amides is 1. The zero-order valence-electron chi connectivity index (χ0n) is 19.0. The maximum absolute atomic E-state index is 13.0. The minimum atomic E-state index is 0.0398. The van der Waals surface area contributed by atoms with E-state index in [-0.39, 0.29) is 23.7 Å². The average molecular weight is 415 g/mol. The third-order valence-corrected chi connectivity index (χ3v) is 6.27. The molecule has 1 fully saturated rings. The fraction of sp³-hybridized carbons (Fsp3) is 0.609. The number of ketones is 1. The first kappa shape index (κ1) is 22.3. The highest BCUT2D eigenvalue weighted by Gasteiger charge is 2.28. The van der Waals surface area contributed by atoms with Crippen LogP contribution in [0, 0.1) is 32.6 Å². The van der Waals surface area contributed by atoms with Crippen LogP contribution < -0.4 is 5.32 Å². The van der Waals surface area contributed by atoms with Gasteiger partial charge in [-0.15, -0.1) is 0 Å². The Bertz CT molecular complexity index is 904. The summed E-state index contributed by atoms with van der Waals surface area (Å²) < 4.78 is 7.14. The van der Waals surface area contributed by atoms with Crippen LogP contribution in [0.4, 0.5) is 0 Å². The van der Waals surface area contributed by atoms with Crippen LogP contribution in [0.15, 0.2) is 16.7 Å². The van der Waals surface area contributed by atoms with Gasteiger partial charge in [-0.25, -0.2) is 0 Å². The van der Waals surface area contributed by atoms with Crippen LogP contribution >= 0.6 is 0 Å². The Morgan fingerprint density at radius 1 is 1.17 bits per heavy atom. The maximum Gasteiger partial charge on any atom is 0.223 e. The predicted molar refractivity (Wildman–Crippen MR) is 116 cm³/mol. The van der Waals surface area contributed by atoms with Crippen molar-refractivity contribution in [3.05, 3.63) is 34.8 Å². The van der Waals surface area contributed by atoms with Gasteiger partial charge in [-0.05, 0) is 65.6 Å². The van der Waals surface area contributed by atoms with E-state index in [0.717, 1.165) is 48.6 Å². The second-order valence-corrected chi connectivity index (χ2v) is 8.93. The van der Waals surface area contributed by atoms with Gasteiger partial charge in [0.15, 0.2) is 11.6 Å². The lowest BCUT2D eigenvalue weighted by Gasteiger charge is -2.31. The molecule has 2 aromatic rings. The first-order valence-electron chi connectivity index (χ1n) is 10.9. The number of aryl methyl sites for hydroxylation is 2. The van der Waals surface area contributed by atoms with Crippen molar-refractivity contribution in [3.63, 3.8) is 0 Å². The summed E-state index contributed by atoms with van der Waals surface area (Å²) in [6.45, 7) is 13.9. The van der Waals surface area contributed by atoms with Crippen LogP contribution in [0.25, 0.3) is 5.82 Å². The van der Waals surface area contributed by atoms with Gasteiger partial charge in [0.05, 0.1) is 6.54 Å². The largest absolute Gasteiger partial charge is 0.360 e. The third kappa shape index (κ3) is 4.83. The number of carbonyl (C=O) groups is 2. The van der Waals surface area contributed by atoms with Gasteiger partial charge in [0.2, 0.25) is 5.91 Å². The molecule has 1 amide bonds. The van der Waals surface area contributed by atoms with Crippen molar-refractivity contribution in [2.24, 2.45) is 11.8 Å². The molecule has 7 heteroatoms. The van der Waals surface area contributed by atoms with Crippen LogP contribution in [0.2, 0.25) is 0 Å². The molecule has 0 saturated carbocycles. The second kappa shape index (κ2) is 9.16. The van der Waals surface area contributed by atoms with Crippen LogP contribution in [0.5, 0.6) is 0 Å². The van der Waals surface area contributed by atoms with Gasteiger partial charge in [-0.2, -0.15) is 0 Å². The smallest absolute Gasteiger partial charge is 0.223 e. The number of rotatable bonds is 7. The molecule has 1 atom stereocenters. The Morgan fingerprint density at radius 3 is 2.40 bits per heavy atom. The van der Waals surface area contributed by atoms with E-state index in [1.807, 2.05) is 44.4 Å². The summed E-state index contributed by atoms with van der Waals surface area (Å²) in [5.41, 5.74) is 2.56. The summed E-state index contributed by atoms with van der Waals surface area (Å²) in [5, 5.41) is 7.20. The Labute approximate surface area is 178 Å². The number of aromatic nitrogens is 2. The minimum Gasteiger partial charge on any atom is -0.360 e. The van der Waals surface area contributed by atoms with E-state index in [0.29, 0.717) is 18.3 Å². The molecule has 1 aliphatic heterocycles. The van der Waals surface area contributed by atoms with Crippen LogP contribution in [0.3, 0.4) is 0 Å². The summed E-state index contributed by atoms with van der Waals surface area (Å²) in [4.78, 5) is 27.6. The second-order valence-electron chi connectivity index (χ2n) is 8.93. The molecule has 0 aromatic carbocycles. The standard InChI is InChI=1S/C23H34N4O3/c1-14(2)17(5)24-23(29)19-7-9-26(10-8-19)13-21(28)20-11-15(3)27(18(20)6)22-12-16(4)30-25-22/h11-12,14,17,19H,7-10,13H2,1-6H3,(H,24,29). The number of piperidine rings is 1.